The van der Waals surface area contributed by atoms with E-state index in [2.05, 4.69) is 43.3 Å². The van der Waals surface area contributed by atoms with Gasteiger partial charge in [0.05, 0.1) is 11.3 Å². The molecule has 0 fully saturated rings. The lowest BCUT2D eigenvalue weighted by Crippen LogP contribution is -2.11. The Balaban J connectivity index is 1.31. The quantitative estimate of drug-likeness (QED) is 0.331. The highest BCUT2D eigenvalue weighted by Crippen LogP contribution is 2.28. The maximum atomic E-state index is 13.0. The molecule has 0 saturated heterocycles. The molecule has 1 amide bonds. The third-order valence-corrected chi connectivity index (χ3v) is 6.84. The van der Waals surface area contributed by atoms with Gasteiger partial charge in [0, 0.05) is 17.6 Å². The van der Waals surface area contributed by atoms with Crippen molar-refractivity contribution in [1.82, 2.24) is 29.9 Å². The van der Waals surface area contributed by atoms with Crippen LogP contribution in [0.4, 0.5) is 10.1 Å². The van der Waals surface area contributed by atoms with Crippen LogP contribution in [0.5, 0.6) is 0 Å². The summed E-state index contributed by atoms with van der Waals surface area (Å²) in [4.78, 5) is 17.1. The number of hydrogen-bond donors (Lipinski definition) is 1. The van der Waals surface area contributed by atoms with Crippen molar-refractivity contribution >= 4 is 56.8 Å². The summed E-state index contributed by atoms with van der Waals surface area (Å²) in [6.45, 7) is 2.97. The highest BCUT2D eigenvalue weighted by Gasteiger charge is 2.16. The topological polar surface area (TPSA) is 98.5 Å². The summed E-state index contributed by atoms with van der Waals surface area (Å²) in [6.07, 6.45) is 0.980. The first-order valence-electron chi connectivity index (χ1n) is 10.3. The van der Waals surface area contributed by atoms with Gasteiger partial charge in [-0.1, -0.05) is 48.2 Å². The van der Waals surface area contributed by atoms with Crippen LogP contribution in [-0.2, 0) is 12.3 Å². The Morgan fingerprint density at radius 1 is 1.09 bits per heavy atom. The van der Waals surface area contributed by atoms with Crippen LogP contribution in [0.15, 0.2) is 53.7 Å². The fourth-order valence-corrected chi connectivity index (χ4v) is 4.95. The van der Waals surface area contributed by atoms with E-state index >= 15 is 0 Å². The molecule has 3 heterocycles. The van der Waals surface area contributed by atoms with Crippen molar-refractivity contribution in [3.05, 3.63) is 64.4 Å². The summed E-state index contributed by atoms with van der Waals surface area (Å²) in [5.41, 5.74) is 3.19. The molecule has 0 aliphatic rings. The molecule has 2 aromatic carbocycles. The number of para-hydroxylation sites is 1. The SMILES string of the molecule is CCCn1c2ccccc2c2nnc(SCc3nnc(C(=O)Nc4ccc(F)cc4)s3)nc21. The van der Waals surface area contributed by atoms with Crippen LogP contribution in [0.3, 0.4) is 0 Å². The molecule has 33 heavy (non-hydrogen) atoms. The van der Waals surface area contributed by atoms with Crippen LogP contribution in [-0.4, -0.2) is 35.9 Å². The van der Waals surface area contributed by atoms with Gasteiger partial charge in [-0.25, -0.2) is 9.37 Å². The summed E-state index contributed by atoms with van der Waals surface area (Å²) in [5, 5.41) is 21.9. The number of aryl methyl sites for hydroxylation is 1. The van der Waals surface area contributed by atoms with Crippen LogP contribution >= 0.6 is 23.1 Å². The smallest absolute Gasteiger partial charge is 0.286 e. The maximum Gasteiger partial charge on any atom is 0.286 e. The lowest BCUT2D eigenvalue weighted by atomic mass is 10.2. The van der Waals surface area contributed by atoms with Crippen molar-refractivity contribution in [2.75, 3.05) is 5.32 Å². The zero-order valence-corrected chi connectivity index (χ0v) is 19.2. The third-order valence-electron chi connectivity index (χ3n) is 4.89. The Kier molecular flexibility index (Phi) is 5.97. The average Bonchev–Trinajstić information content (AvgIpc) is 3.43. The largest absolute Gasteiger partial charge is 0.324 e. The highest BCUT2D eigenvalue weighted by atomic mass is 32.2. The number of benzene rings is 2. The number of carbonyl (C=O) groups excluding carboxylic acids is 1. The summed E-state index contributed by atoms with van der Waals surface area (Å²) in [6, 6.07) is 13.6. The molecule has 11 heteroatoms. The predicted molar refractivity (Wildman–Crippen MR) is 127 cm³/mol. The molecule has 0 radical (unpaired) electrons. The molecule has 8 nitrogen and oxygen atoms in total. The molecule has 166 valence electrons. The Labute approximate surface area is 196 Å². The van der Waals surface area contributed by atoms with Gasteiger partial charge in [-0.3, -0.25) is 4.79 Å². The summed E-state index contributed by atoms with van der Waals surface area (Å²) in [7, 11) is 0. The molecule has 3 aromatic heterocycles. The van der Waals surface area contributed by atoms with E-state index in [0.29, 0.717) is 21.6 Å². The minimum Gasteiger partial charge on any atom is -0.324 e. The molecule has 0 spiro atoms. The van der Waals surface area contributed by atoms with Crippen molar-refractivity contribution in [1.29, 1.82) is 0 Å². The Morgan fingerprint density at radius 3 is 2.73 bits per heavy atom. The first-order chi connectivity index (χ1) is 16.1. The van der Waals surface area contributed by atoms with Gasteiger partial charge in [-0.2, -0.15) is 0 Å². The van der Waals surface area contributed by atoms with Crippen molar-refractivity contribution in [3.8, 4) is 0 Å². The number of anilines is 1. The fourth-order valence-electron chi connectivity index (χ4n) is 3.45. The van der Waals surface area contributed by atoms with Crippen molar-refractivity contribution < 1.29 is 9.18 Å². The van der Waals surface area contributed by atoms with E-state index < -0.39 is 5.91 Å². The number of nitrogens with one attached hydrogen (secondary N) is 1. The van der Waals surface area contributed by atoms with Gasteiger partial charge >= 0.3 is 0 Å². The van der Waals surface area contributed by atoms with Crippen molar-refractivity contribution in [3.63, 3.8) is 0 Å². The number of carbonyl (C=O) groups is 1. The second-order valence-corrected chi connectivity index (χ2v) is 9.19. The summed E-state index contributed by atoms with van der Waals surface area (Å²) < 4.78 is 15.2. The third kappa shape index (κ3) is 4.41. The molecule has 0 unspecified atom stereocenters. The number of aromatic nitrogens is 6. The Hall–Kier alpha value is -3.44. The second-order valence-electron chi connectivity index (χ2n) is 7.19. The fraction of sp³-hybridized carbons (Fsp3) is 0.182. The number of amides is 1. The van der Waals surface area contributed by atoms with Crippen molar-refractivity contribution in [2.45, 2.75) is 30.8 Å². The molecular weight excluding hydrogens is 461 g/mol. The minimum absolute atomic E-state index is 0.229. The van der Waals surface area contributed by atoms with Gasteiger partial charge < -0.3 is 9.88 Å². The van der Waals surface area contributed by atoms with Gasteiger partial charge in [-0.15, -0.1) is 20.4 Å². The van der Waals surface area contributed by atoms with E-state index in [4.69, 9.17) is 4.98 Å². The average molecular weight is 480 g/mol. The minimum atomic E-state index is -0.390. The zero-order chi connectivity index (χ0) is 22.8. The van der Waals surface area contributed by atoms with E-state index in [9.17, 15) is 9.18 Å². The van der Waals surface area contributed by atoms with Crippen molar-refractivity contribution in [2.24, 2.45) is 0 Å². The number of fused-ring (bicyclic) bond motifs is 3. The molecule has 0 atom stereocenters. The zero-order valence-electron chi connectivity index (χ0n) is 17.5. The number of rotatable bonds is 7. The van der Waals surface area contributed by atoms with Gasteiger partial charge in [-0.05, 0) is 36.8 Å². The van der Waals surface area contributed by atoms with Crippen LogP contribution in [0.1, 0.15) is 28.2 Å². The molecule has 1 N–H and O–H groups in total. The second kappa shape index (κ2) is 9.20. The van der Waals surface area contributed by atoms with Gasteiger partial charge in [0.25, 0.3) is 5.91 Å². The molecule has 5 rings (SSSR count). The van der Waals surface area contributed by atoms with Crippen LogP contribution in [0.25, 0.3) is 22.1 Å². The number of thioether (sulfide) groups is 1. The molecule has 0 saturated carbocycles. The molecular formula is C22H18FN7OS2. The van der Waals surface area contributed by atoms with Crippen LogP contribution in [0, 0.1) is 5.82 Å². The van der Waals surface area contributed by atoms with Gasteiger partial charge in [0.2, 0.25) is 10.2 Å². The highest BCUT2D eigenvalue weighted by molar-refractivity contribution is 7.98. The Bertz CT molecular complexity index is 1450. The van der Waals surface area contributed by atoms with E-state index in [-0.39, 0.29) is 10.8 Å². The molecule has 0 aliphatic heterocycles. The van der Waals surface area contributed by atoms with E-state index in [1.54, 1.807) is 0 Å². The standard InChI is InChI=1S/C22H18FN7OS2/c1-2-11-30-16-6-4-3-5-15(16)18-19(30)25-22(29-27-18)32-12-17-26-28-21(33-17)20(31)24-14-9-7-13(23)8-10-14/h3-10H,2,11-12H2,1H3,(H,24,31). The number of nitrogens with zero attached hydrogens (tertiary/aromatic N) is 6. The molecule has 5 aromatic rings. The van der Waals surface area contributed by atoms with E-state index in [1.807, 2.05) is 18.2 Å². The molecule has 0 aliphatic carbocycles. The van der Waals surface area contributed by atoms with E-state index in [1.165, 1.54) is 47.4 Å². The van der Waals surface area contributed by atoms with Gasteiger partial charge in [0.1, 0.15) is 16.3 Å². The lowest BCUT2D eigenvalue weighted by Gasteiger charge is -2.04. The predicted octanol–water partition coefficient (Wildman–Crippen LogP) is 4.92. The van der Waals surface area contributed by atoms with Crippen LogP contribution in [0.2, 0.25) is 0 Å². The first kappa shape index (κ1) is 21.4. The van der Waals surface area contributed by atoms with Gasteiger partial charge in [0.15, 0.2) is 5.65 Å². The van der Waals surface area contributed by atoms with Crippen LogP contribution < -0.4 is 5.32 Å². The number of hydrogen-bond acceptors (Lipinski definition) is 8. The summed E-state index contributed by atoms with van der Waals surface area (Å²) >= 11 is 2.58. The summed E-state index contributed by atoms with van der Waals surface area (Å²) in [5.74, 6) is -0.296. The molecule has 0 bridgehead atoms. The monoisotopic (exact) mass is 479 g/mol. The maximum absolute atomic E-state index is 13.0. The number of halogens is 1. The van der Waals surface area contributed by atoms with E-state index in [0.717, 1.165) is 35.0 Å². The Morgan fingerprint density at radius 2 is 1.91 bits per heavy atom. The lowest BCUT2D eigenvalue weighted by molar-refractivity contribution is 0.102. The first-order valence-corrected chi connectivity index (χ1v) is 12.1. The normalized spacial score (nSPS) is 11.3.